The van der Waals surface area contributed by atoms with Gasteiger partial charge in [-0.25, -0.2) is 14.2 Å². The van der Waals surface area contributed by atoms with Gasteiger partial charge < -0.3 is 26.1 Å². The van der Waals surface area contributed by atoms with Gasteiger partial charge in [0.05, 0.1) is 11.6 Å². The molecule has 1 aliphatic carbocycles. The summed E-state index contributed by atoms with van der Waals surface area (Å²) < 4.78 is 18.7. The third-order valence-corrected chi connectivity index (χ3v) is 6.49. The van der Waals surface area contributed by atoms with Gasteiger partial charge in [0.1, 0.15) is 28.6 Å². The Hall–Kier alpha value is -4.60. The van der Waals surface area contributed by atoms with E-state index >= 15 is 0 Å². The van der Waals surface area contributed by atoms with Crippen molar-refractivity contribution < 1.29 is 23.5 Å². The smallest absolute Gasteiger partial charge is 0.338 e. The molecule has 208 valence electrons. The number of carbonyl (C=O) groups excluding carboxylic acids is 3. The molecule has 0 unspecified atom stereocenters. The van der Waals surface area contributed by atoms with E-state index in [-0.39, 0.29) is 41.6 Å². The summed E-state index contributed by atoms with van der Waals surface area (Å²) in [6.45, 7) is 7.50. The number of benzene rings is 2. The van der Waals surface area contributed by atoms with Crippen LogP contribution in [0.3, 0.4) is 0 Å². The van der Waals surface area contributed by atoms with Crippen LogP contribution < -0.4 is 16.0 Å². The summed E-state index contributed by atoms with van der Waals surface area (Å²) >= 11 is 0. The third kappa shape index (κ3) is 6.69. The van der Waals surface area contributed by atoms with Gasteiger partial charge in [-0.05, 0) is 93.1 Å². The molecule has 2 aromatic rings. The lowest BCUT2D eigenvalue weighted by Gasteiger charge is -2.21. The third-order valence-electron chi connectivity index (χ3n) is 6.49. The van der Waals surface area contributed by atoms with Crippen molar-refractivity contribution in [2.24, 2.45) is 4.99 Å². The van der Waals surface area contributed by atoms with Crippen molar-refractivity contribution in [2.45, 2.75) is 58.7 Å². The Bertz CT molecular complexity index is 1450. The second kappa shape index (κ2) is 11.6. The Labute approximate surface area is 232 Å². The molecule has 4 N–H and O–H groups in total. The lowest BCUT2D eigenvalue weighted by Crippen LogP contribution is -2.38. The number of hydrogen-bond acceptors (Lipinski definition) is 7. The molecule has 0 saturated carbocycles. The van der Waals surface area contributed by atoms with Crippen LogP contribution in [0.15, 0.2) is 65.1 Å². The van der Waals surface area contributed by atoms with Gasteiger partial charge in [-0.1, -0.05) is 18.2 Å². The fourth-order valence-electron chi connectivity index (χ4n) is 4.59. The number of hydrogen-bond donors (Lipinski definition) is 4. The number of nitrogens with zero attached hydrogens (tertiary/aromatic N) is 1. The lowest BCUT2D eigenvalue weighted by atomic mass is 9.97. The van der Waals surface area contributed by atoms with Crippen molar-refractivity contribution in [2.75, 3.05) is 0 Å². The first-order valence-corrected chi connectivity index (χ1v) is 12.9. The van der Waals surface area contributed by atoms with E-state index in [0.29, 0.717) is 24.0 Å². The minimum atomic E-state index is -0.607. The van der Waals surface area contributed by atoms with Crippen LogP contribution in [0.25, 0.3) is 0 Å². The molecule has 4 rings (SSSR count). The second-order valence-corrected chi connectivity index (χ2v) is 10.6. The van der Waals surface area contributed by atoms with Gasteiger partial charge in [-0.2, -0.15) is 0 Å². The molecule has 0 saturated heterocycles. The Morgan fingerprint density at radius 1 is 1.15 bits per heavy atom. The average molecular weight is 546 g/mol. The van der Waals surface area contributed by atoms with Gasteiger partial charge in [-0.3, -0.25) is 9.59 Å². The summed E-state index contributed by atoms with van der Waals surface area (Å²) in [5, 5.41) is 15.9. The highest BCUT2D eigenvalue weighted by Gasteiger charge is 2.30. The maximum atomic E-state index is 13.3. The average Bonchev–Trinajstić information content (AvgIpc) is 3.30. The molecule has 9 nitrogen and oxygen atoms in total. The van der Waals surface area contributed by atoms with Gasteiger partial charge in [0.2, 0.25) is 0 Å². The molecule has 1 heterocycles. The van der Waals surface area contributed by atoms with Crippen molar-refractivity contribution in [1.29, 1.82) is 5.41 Å². The van der Waals surface area contributed by atoms with Crippen LogP contribution >= 0.6 is 0 Å². The van der Waals surface area contributed by atoms with Crippen molar-refractivity contribution in [1.82, 2.24) is 16.0 Å². The fraction of sp³-hybridized carbons (Fsp3) is 0.300. The van der Waals surface area contributed by atoms with E-state index in [4.69, 9.17) is 10.1 Å². The molecule has 0 radical (unpaired) electrons. The molecule has 0 fully saturated rings. The van der Waals surface area contributed by atoms with Crippen LogP contribution in [0.1, 0.15) is 65.8 Å². The molecular weight excluding hydrogens is 513 g/mol. The van der Waals surface area contributed by atoms with E-state index in [1.165, 1.54) is 24.3 Å². The molecule has 10 heteroatoms. The van der Waals surface area contributed by atoms with Crippen molar-refractivity contribution in [3.8, 4) is 0 Å². The summed E-state index contributed by atoms with van der Waals surface area (Å²) in [7, 11) is 0. The first kappa shape index (κ1) is 28.4. The molecule has 0 aromatic heterocycles. The van der Waals surface area contributed by atoms with Crippen LogP contribution in [0.4, 0.5) is 4.39 Å². The largest absolute Gasteiger partial charge is 0.456 e. The first-order chi connectivity index (χ1) is 18.9. The Morgan fingerprint density at radius 3 is 2.55 bits per heavy atom. The van der Waals surface area contributed by atoms with Gasteiger partial charge in [-0.15, -0.1) is 0 Å². The van der Waals surface area contributed by atoms with E-state index in [1.807, 2.05) is 33.8 Å². The topological polar surface area (TPSA) is 133 Å². The number of rotatable bonds is 7. The zero-order valence-corrected chi connectivity index (χ0v) is 22.9. The van der Waals surface area contributed by atoms with Crippen LogP contribution in [0, 0.1) is 18.2 Å². The van der Waals surface area contributed by atoms with Crippen molar-refractivity contribution in [3.05, 3.63) is 93.7 Å². The maximum Gasteiger partial charge on any atom is 0.338 e. The van der Waals surface area contributed by atoms with E-state index < -0.39 is 17.4 Å². The number of esters is 1. The predicted molar refractivity (Wildman–Crippen MR) is 149 cm³/mol. The van der Waals surface area contributed by atoms with E-state index in [1.54, 1.807) is 18.2 Å². The summed E-state index contributed by atoms with van der Waals surface area (Å²) in [5.74, 6) is -1.56. The van der Waals surface area contributed by atoms with Gasteiger partial charge in [0.25, 0.3) is 11.8 Å². The molecule has 0 spiro atoms. The number of fused-ring (bicyclic) bond motifs is 1. The zero-order valence-electron chi connectivity index (χ0n) is 22.9. The fourth-order valence-corrected chi connectivity index (χ4v) is 4.59. The SMILES string of the molecule is Cc1c(C(=O)OC(C)(C)C)ccc2c1CC[C@@H]2NC(=O)C1=N/C(=C/C=N)NC(C(=O)NCc2ccc(F)cc2)=C1. The summed E-state index contributed by atoms with van der Waals surface area (Å²) in [4.78, 5) is 43.1. The molecule has 2 aliphatic rings. The zero-order chi connectivity index (χ0) is 29.0. The number of aliphatic imine (C=N–C) groups is 1. The van der Waals surface area contributed by atoms with Crippen LogP contribution in [0.2, 0.25) is 0 Å². The van der Waals surface area contributed by atoms with Gasteiger partial charge >= 0.3 is 5.97 Å². The normalized spacial score (nSPS) is 17.2. The van der Waals surface area contributed by atoms with E-state index in [2.05, 4.69) is 20.9 Å². The highest BCUT2D eigenvalue weighted by Crippen LogP contribution is 2.35. The van der Waals surface area contributed by atoms with E-state index in [0.717, 1.165) is 22.9 Å². The highest BCUT2D eigenvalue weighted by molar-refractivity contribution is 6.44. The molecule has 2 amide bonds. The molecule has 40 heavy (non-hydrogen) atoms. The Kier molecular flexibility index (Phi) is 8.27. The molecule has 1 atom stereocenters. The van der Waals surface area contributed by atoms with Crippen molar-refractivity contribution in [3.63, 3.8) is 0 Å². The number of allylic oxidation sites excluding steroid dienone is 1. The monoisotopic (exact) mass is 545 g/mol. The van der Waals surface area contributed by atoms with Gasteiger partial charge in [0, 0.05) is 12.8 Å². The van der Waals surface area contributed by atoms with E-state index in [9.17, 15) is 18.8 Å². The summed E-state index contributed by atoms with van der Waals surface area (Å²) in [5.41, 5.74) is 3.45. The number of halogens is 1. The van der Waals surface area contributed by atoms with Crippen LogP contribution in [0.5, 0.6) is 0 Å². The van der Waals surface area contributed by atoms with Crippen molar-refractivity contribution >= 4 is 29.7 Å². The molecule has 0 bridgehead atoms. The van der Waals surface area contributed by atoms with Crippen LogP contribution in [-0.4, -0.2) is 35.3 Å². The highest BCUT2D eigenvalue weighted by atomic mass is 19.1. The molecule has 2 aromatic carbocycles. The maximum absolute atomic E-state index is 13.3. The summed E-state index contributed by atoms with van der Waals surface area (Å²) in [6.07, 6.45) is 5.01. The number of amides is 2. The first-order valence-electron chi connectivity index (χ1n) is 12.9. The second-order valence-electron chi connectivity index (χ2n) is 10.6. The minimum Gasteiger partial charge on any atom is -0.456 e. The minimum absolute atomic E-state index is 0.00864. The number of nitrogens with one attached hydrogen (secondary N) is 4. The standard InChI is InChI=1S/C30H32FN5O4/c1-17-20-11-12-23(22(20)10-9-21(17)29(39)40-30(2,3)4)36-28(38)25-15-24(34-26(35-25)13-14-32)27(37)33-16-18-5-7-19(31)8-6-18/h5-10,13-15,23,32,34H,11-12,16H2,1-4H3,(H,33,37)(H,36,38)/b26-13+,32-14?/t23-/m0/s1. The Balaban J connectivity index is 1.49. The van der Waals surface area contributed by atoms with Gasteiger partial charge in [0.15, 0.2) is 0 Å². The summed E-state index contributed by atoms with van der Waals surface area (Å²) in [6, 6.07) is 9.01. The number of carbonyl (C=O) groups is 3. The predicted octanol–water partition coefficient (Wildman–Crippen LogP) is 3.93. The number of ether oxygens (including phenoxy) is 1. The van der Waals surface area contributed by atoms with Crippen LogP contribution in [-0.2, 0) is 27.3 Å². The lowest BCUT2D eigenvalue weighted by molar-refractivity contribution is -0.118. The Morgan fingerprint density at radius 2 is 1.88 bits per heavy atom. The molecular formula is C30H32FN5O4. The molecule has 1 aliphatic heterocycles. The quantitative estimate of drug-likeness (QED) is 0.309.